The number of anilines is 2. The van der Waals surface area contributed by atoms with Gasteiger partial charge in [-0.3, -0.25) is 0 Å². The van der Waals surface area contributed by atoms with E-state index in [0.29, 0.717) is 11.2 Å². The van der Waals surface area contributed by atoms with Gasteiger partial charge in [0.15, 0.2) is 11.6 Å². The van der Waals surface area contributed by atoms with Gasteiger partial charge >= 0.3 is 6.18 Å². The van der Waals surface area contributed by atoms with Gasteiger partial charge in [0, 0.05) is 11.9 Å². The molecule has 0 radical (unpaired) electrons. The minimum Gasteiger partial charge on any atom is -0.438 e. The van der Waals surface area contributed by atoms with E-state index in [-0.39, 0.29) is 17.2 Å². The summed E-state index contributed by atoms with van der Waals surface area (Å²) in [7, 11) is 0. The lowest BCUT2D eigenvalue weighted by Gasteiger charge is -2.12. The molecule has 2 aromatic carbocycles. The number of benzene rings is 2. The molecule has 0 fully saturated rings. The van der Waals surface area contributed by atoms with Crippen LogP contribution in [0.3, 0.4) is 0 Å². The zero-order chi connectivity index (χ0) is 20.6. The minimum atomic E-state index is -4.60. The number of aromatic nitrogens is 3. The summed E-state index contributed by atoms with van der Waals surface area (Å²) in [4.78, 5) is 10.4. The second-order valence-corrected chi connectivity index (χ2v) is 5.95. The van der Waals surface area contributed by atoms with E-state index < -0.39 is 29.3 Å². The average molecular weight is 406 g/mol. The van der Waals surface area contributed by atoms with Crippen LogP contribution in [0.4, 0.5) is 33.6 Å². The summed E-state index contributed by atoms with van der Waals surface area (Å²) in [5.74, 6) is -2.33. The molecule has 148 valence electrons. The highest BCUT2D eigenvalue weighted by Gasteiger charge is 2.35. The molecule has 2 aromatic heterocycles. The number of rotatable bonds is 4. The van der Waals surface area contributed by atoms with Crippen LogP contribution < -0.4 is 10.1 Å². The van der Waals surface area contributed by atoms with Crippen molar-refractivity contribution in [2.45, 2.75) is 6.18 Å². The van der Waals surface area contributed by atoms with Gasteiger partial charge in [-0.05, 0) is 48.5 Å². The van der Waals surface area contributed by atoms with Crippen molar-refractivity contribution in [3.8, 4) is 11.6 Å². The summed E-state index contributed by atoms with van der Waals surface area (Å²) in [6.07, 6.45) is -3.40. The zero-order valence-corrected chi connectivity index (χ0v) is 14.4. The predicted octanol–water partition coefficient (Wildman–Crippen LogP) is 5.79. The van der Waals surface area contributed by atoms with Crippen LogP contribution in [-0.4, -0.2) is 15.0 Å². The molecule has 0 bridgehead atoms. The number of hydrogen-bond acceptors (Lipinski definition) is 4. The number of fused-ring (bicyclic) bond motifs is 1. The third-order valence-electron chi connectivity index (χ3n) is 3.95. The van der Waals surface area contributed by atoms with Crippen LogP contribution in [0.5, 0.6) is 11.6 Å². The van der Waals surface area contributed by atoms with Crippen molar-refractivity contribution in [2.75, 3.05) is 5.32 Å². The molecule has 10 heteroatoms. The maximum atomic E-state index is 13.7. The Morgan fingerprint density at radius 3 is 2.45 bits per heavy atom. The van der Waals surface area contributed by atoms with Crippen LogP contribution in [0.15, 0.2) is 54.7 Å². The Kier molecular flexibility index (Phi) is 4.53. The van der Waals surface area contributed by atoms with Gasteiger partial charge in [-0.25, -0.2) is 18.7 Å². The molecule has 0 aliphatic heterocycles. The van der Waals surface area contributed by atoms with Gasteiger partial charge < -0.3 is 15.0 Å². The smallest absolute Gasteiger partial charge is 0.421 e. The summed E-state index contributed by atoms with van der Waals surface area (Å²) >= 11 is 0. The summed E-state index contributed by atoms with van der Waals surface area (Å²) in [6.45, 7) is 0. The highest BCUT2D eigenvalue weighted by Crippen LogP contribution is 2.36. The second-order valence-electron chi connectivity index (χ2n) is 5.95. The Labute approximate surface area is 160 Å². The molecule has 0 saturated heterocycles. The van der Waals surface area contributed by atoms with Crippen LogP contribution >= 0.6 is 0 Å². The van der Waals surface area contributed by atoms with E-state index in [9.17, 15) is 22.0 Å². The molecule has 0 unspecified atom stereocenters. The quantitative estimate of drug-likeness (QED) is 0.421. The van der Waals surface area contributed by atoms with Gasteiger partial charge in [0.2, 0.25) is 11.8 Å². The van der Waals surface area contributed by atoms with Crippen molar-refractivity contribution in [3.63, 3.8) is 0 Å². The van der Waals surface area contributed by atoms with E-state index in [2.05, 4.69) is 20.3 Å². The Morgan fingerprint density at radius 2 is 1.72 bits per heavy atom. The monoisotopic (exact) mass is 406 g/mol. The molecule has 4 rings (SSSR count). The first-order valence-corrected chi connectivity index (χ1v) is 8.22. The maximum Gasteiger partial charge on any atom is 0.421 e. The molecule has 29 heavy (non-hydrogen) atoms. The summed E-state index contributed by atoms with van der Waals surface area (Å²) in [5, 5.41) is 2.86. The molecule has 4 aromatic rings. The van der Waals surface area contributed by atoms with Gasteiger partial charge in [0.05, 0.1) is 5.52 Å². The van der Waals surface area contributed by atoms with Gasteiger partial charge in [0.25, 0.3) is 0 Å². The van der Waals surface area contributed by atoms with Crippen molar-refractivity contribution >= 4 is 22.7 Å². The van der Waals surface area contributed by atoms with Crippen LogP contribution in [0.2, 0.25) is 0 Å². The lowest BCUT2D eigenvalue weighted by atomic mass is 10.2. The van der Waals surface area contributed by atoms with Gasteiger partial charge in [-0.1, -0.05) is 0 Å². The fraction of sp³-hybridized carbons (Fsp3) is 0.0526. The Bertz CT molecular complexity index is 1170. The maximum absolute atomic E-state index is 13.7. The zero-order valence-electron chi connectivity index (χ0n) is 14.4. The summed E-state index contributed by atoms with van der Waals surface area (Å²) in [5.41, 5.74) is -0.337. The van der Waals surface area contributed by atoms with E-state index >= 15 is 0 Å². The lowest BCUT2D eigenvalue weighted by Crippen LogP contribution is -2.08. The van der Waals surface area contributed by atoms with Gasteiger partial charge in [0.1, 0.15) is 16.8 Å². The predicted molar refractivity (Wildman–Crippen MR) is 95.0 cm³/mol. The van der Waals surface area contributed by atoms with Gasteiger partial charge in [-0.2, -0.15) is 13.2 Å². The third kappa shape index (κ3) is 3.82. The molecule has 2 heterocycles. The Hall–Kier alpha value is -3.69. The van der Waals surface area contributed by atoms with Crippen molar-refractivity contribution in [1.82, 2.24) is 15.0 Å². The molecular formula is C19H11F5N4O. The molecule has 0 aliphatic rings. The number of hydrogen-bond donors (Lipinski definition) is 2. The number of H-pyrrole nitrogens is 1. The number of halogens is 5. The fourth-order valence-corrected chi connectivity index (χ4v) is 2.62. The molecule has 0 aliphatic carbocycles. The standard InChI is InChI=1S/C19H11F5N4O/c20-13-7-8-14-16(15(13)21)28-18(27-14)26-10-3-5-11(6-4-10)29-17-12(19(22,23)24)2-1-9-25-17/h1-9H,(H2,26,27,28). The van der Waals surface area contributed by atoms with E-state index in [1.54, 1.807) is 0 Å². The van der Waals surface area contributed by atoms with Crippen LogP contribution in [0, 0.1) is 11.6 Å². The first-order chi connectivity index (χ1) is 13.8. The van der Waals surface area contributed by atoms with Crippen LogP contribution in [-0.2, 0) is 6.18 Å². The highest BCUT2D eigenvalue weighted by molar-refractivity contribution is 5.79. The largest absolute Gasteiger partial charge is 0.438 e. The first-order valence-electron chi connectivity index (χ1n) is 8.22. The molecule has 0 spiro atoms. The Morgan fingerprint density at radius 1 is 0.966 bits per heavy atom. The molecular weight excluding hydrogens is 395 g/mol. The second kappa shape index (κ2) is 7.04. The van der Waals surface area contributed by atoms with E-state index in [0.717, 1.165) is 12.1 Å². The normalized spacial score (nSPS) is 11.6. The molecule has 2 N–H and O–H groups in total. The summed E-state index contributed by atoms with van der Waals surface area (Å²) < 4.78 is 71.3. The number of ether oxygens (including phenoxy) is 1. The average Bonchev–Trinajstić information content (AvgIpc) is 3.09. The molecule has 5 nitrogen and oxygen atoms in total. The SMILES string of the molecule is Fc1ccc2[nH]c(Nc3ccc(Oc4ncccc4C(F)(F)F)cc3)nc2c1F. The van der Waals surface area contributed by atoms with Crippen molar-refractivity contribution < 1.29 is 26.7 Å². The number of alkyl halides is 3. The third-order valence-corrected chi connectivity index (χ3v) is 3.95. The minimum absolute atomic E-state index is 0.137. The molecule has 0 amide bonds. The van der Waals surface area contributed by atoms with Crippen molar-refractivity contribution in [1.29, 1.82) is 0 Å². The first kappa shape index (κ1) is 18.7. The highest BCUT2D eigenvalue weighted by atomic mass is 19.4. The number of pyridine rings is 1. The molecule has 0 atom stereocenters. The number of aromatic amines is 1. The van der Waals surface area contributed by atoms with Crippen LogP contribution in [0.25, 0.3) is 11.0 Å². The number of nitrogens with one attached hydrogen (secondary N) is 2. The van der Waals surface area contributed by atoms with E-state index in [1.807, 2.05) is 0 Å². The van der Waals surface area contributed by atoms with Crippen LogP contribution in [0.1, 0.15) is 5.56 Å². The van der Waals surface area contributed by atoms with Gasteiger partial charge in [-0.15, -0.1) is 0 Å². The lowest BCUT2D eigenvalue weighted by molar-refractivity contribution is -0.138. The van der Waals surface area contributed by atoms with E-state index in [1.165, 1.54) is 42.6 Å². The summed E-state index contributed by atoms with van der Waals surface area (Å²) in [6, 6.07) is 10.3. The Balaban J connectivity index is 1.53. The van der Waals surface area contributed by atoms with Crippen molar-refractivity contribution in [3.05, 3.63) is 71.9 Å². The van der Waals surface area contributed by atoms with Crippen molar-refractivity contribution in [2.24, 2.45) is 0 Å². The molecule has 0 saturated carbocycles. The van der Waals surface area contributed by atoms with E-state index in [4.69, 9.17) is 4.74 Å². The number of imidazole rings is 1. The fourth-order valence-electron chi connectivity index (χ4n) is 2.62. The topological polar surface area (TPSA) is 62.8 Å². The number of nitrogens with zero attached hydrogens (tertiary/aromatic N) is 2.